The number of carbonyl (C=O) groups is 2. The first-order chi connectivity index (χ1) is 10.6. The van der Waals surface area contributed by atoms with E-state index in [4.69, 9.17) is 11.6 Å². The second kappa shape index (κ2) is 7.61. The Bertz CT molecular complexity index is 656. The summed E-state index contributed by atoms with van der Waals surface area (Å²) < 4.78 is 1.50. The summed E-state index contributed by atoms with van der Waals surface area (Å²) in [6.45, 7) is 2.60. The zero-order chi connectivity index (χ0) is 15.9. The molecule has 0 fully saturated rings. The average molecular weight is 321 g/mol. The molecule has 2 rings (SSSR count). The molecule has 1 aromatic heterocycles. The second-order valence-electron chi connectivity index (χ2n) is 4.70. The van der Waals surface area contributed by atoms with Crippen molar-refractivity contribution in [2.24, 2.45) is 0 Å². The van der Waals surface area contributed by atoms with Crippen LogP contribution in [0.4, 0.5) is 5.69 Å². The molecule has 116 valence electrons. The summed E-state index contributed by atoms with van der Waals surface area (Å²) in [7, 11) is 0. The Balaban J connectivity index is 2.12. The van der Waals surface area contributed by atoms with Crippen LogP contribution in [0.25, 0.3) is 0 Å². The maximum absolute atomic E-state index is 12.1. The molecule has 0 aliphatic carbocycles. The van der Waals surface area contributed by atoms with Crippen LogP contribution in [0, 0.1) is 0 Å². The highest BCUT2D eigenvalue weighted by molar-refractivity contribution is 6.31. The van der Waals surface area contributed by atoms with Crippen LogP contribution in [0.3, 0.4) is 0 Å². The Morgan fingerprint density at radius 1 is 1.36 bits per heavy atom. The van der Waals surface area contributed by atoms with Crippen molar-refractivity contribution >= 4 is 29.1 Å². The largest absolute Gasteiger partial charge is 0.352 e. The number of hydrogen-bond donors (Lipinski definition) is 2. The molecule has 0 atom stereocenters. The zero-order valence-electron chi connectivity index (χ0n) is 12.2. The summed E-state index contributed by atoms with van der Waals surface area (Å²) >= 11 is 5.95. The third kappa shape index (κ3) is 4.33. The van der Waals surface area contributed by atoms with Gasteiger partial charge in [0.2, 0.25) is 5.91 Å². The lowest BCUT2D eigenvalue weighted by Gasteiger charge is -2.12. The number of amides is 2. The van der Waals surface area contributed by atoms with Crippen molar-refractivity contribution in [1.29, 1.82) is 0 Å². The molecule has 0 saturated heterocycles. The van der Waals surface area contributed by atoms with Crippen LogP contribution in [-0.2, 0) is 11.3 Å². The van der Waals surface area contributed by atoms with Gasteiger partial charge in [0.1, 0.15) is 6.54 Å². The Morgan fingerprint density at radius 2 is 2.18 bits per heavy atom. The number of carbonyl (C=O) groups excluding carboxylic acids is 2. The van der Waals surface area contributed by atoms with Crippen molar-refractivity contribution in [2.45, 2.75) is 19.9 Å². The van der Waals surface area contributed by atoms with E-state index in [1.165, 1.54) is 4.68 Å². The number of halogens is 1. The molecule has 0 unspecified atom stereocenters. The van der Waals surface area contributed by atoms with Gasteiger partial charge in [0, 0.05) is 24.0 Å². The van der Waals surface area contributed by atoms with E-state index >= 15 is 0 Å². The first-order valence-corrected chi connectivity index (χ1v) is 7.33. The minimum Gasteiger partial charge on any atom is -0.352 e. The molecule has 0 aliphatic rings. The van der Waals surface area contributed by atoms with Gasteiger partial charge in [-0.25, -0.2) is 0 Å². The van der Waals surface area contributed by atoms with Crippen molar-refractivity contribution in [3.8, 4) is 0 Å². The number of rotatable bonds is 6. The Labute approximate surface area is 133 Å². The van der Waals surface area contributed by atoms with Crippen LogP contribution in [0.2, 0.25) is 5.02 Å². The van der Waals surface area contributed by atoms with Gasteiger partial charge in [-0.2, -0.15) is 5.10 Å². The number of benzene rings is 1. The molecule has 22 heavy (non-hydrogen) atoms. The zero-order valence-corrected chi connectivity index (χ0v) is 12.9. The van der Waals surface area contributed by atoms with Crippen LogP contribution in [0.5, 0.6) is 0 Å². The van der Waals surface area contributed by atoms with Crippen LogP contribution in [0.1, 0.15) is 23.7 Å². The number of aromatic nitrogens is 2. The standard InChI is InChI=1S/C15H17ClN4O2/c1-2-6-17-15(22)12-5-4-11(16)9-13(12)19-14(21)10-20-8-3-7-18-20/h3-5,7-9H,2,6,10H2,1H3,(H,17,22)(H,19,21). The smallest absolute Gasteiger partial charge is 0.253 e. The van der Waals surface area contributed by atoms with Gasteiger partial charge in [0.05, 0.1) is 11.3 Å². The SMILES string of the molecule is CCCNC(=O)c1ccc(Cl)cc1NC(=O)Cn1cccn1. The number of nitrogens with zero attached hydrogens (tertiary/aromatic N) is 2. The first-order valence-electron chi connectivity index (χ1n) is 6.95. The lowest BCUT2D eigenvalue weighted by molar-refractivity contribution is -0.116. The molecule has 0 saturated carbocycles. The molecule has 0 spiro atoms. The molecule has 1 heterocycles. The Kier molecular flexibility index (Phi) is 5.55. The van der Waals surface area contributed by atoms with E-state index in [9.17, 15) is 9.59 Å². The molecule has 0 bridgehead atoms. The van der Waals surface area contributed by atoms with Crippen LogP contribution >= 0.6 is 11.6 Å². The molecule has 0 aliphatic heterocycles. The summed E-state index contributed by atoms with van der Waals surface area (Å²) in [6, 6.07) is 6.50. The van der Waals surface area contributed by atoms with Gasteiger partial charge in [-0.1, -0.05) is 18.5 Å². The number of anilines is 1. The van der Waals surface area contributed by atoms with E-state index in [1.54, 1.807) is 36.7 Å². The Morgan fingerprint density at radius 3 is 2.86 bits per heavy atom. The third-order valence-corrected chi connectivity index (χ3v) is 3.14. The molecular formula is C15H17ClN4O2. The molecule has 0 radical (unpaired) electrons. The van der Waals surface area contributed by atoms with Gasteiger partial charge in [-0.15, -0.1) is 0 Å². The van der Waals surface area contributed by atoms with E-state index in [1.807, 2.05) is 6.92 Å². The lowest BCUT2D eigenvalue weighted by atomic mass is 10.1. The predicted molar refractivity (Wildman–Crippen MR) is 84.9 cm³/mol. The summed E-state index contributed by atoms with van der Waals surface area (Å²) in [4.78, 5) is 24.1. The molecule has 2 amide bonds. The van der Waals surface area contributed by atoms with Gasteiger partial charge < -0.3 is 10.6 Å². The van der Waals surface area contributed by atoms with E-state index in [2.05, 4.69) is 15.7 Å². The van der Waals surface area contributed by atoms with Crippen molar-refractivity contribution in [3.63, 3.8) is 0 Å². The lowest BCUT2D eigenvalue weighted by Crippen LogP contribution is -2.26. The molecule has 7 heteroatoms. The highest BCUT2D eigenvalue weighted by atomic mass is 35.5. The molecule has 2 N–H and O–H groups in total. The Hall–Kier alpha value is -2.34. The van der Waals surface area contributed by atoms with E-state index in [0.29, 0.717) is 22.8 Å². The summed E-state index contributed by atoms with van der Waals surface area (Å²) in [6.07, 6.45) is 4.11. The highest BCUT2D eigenvalue weighted by Gasteiger charge is 2.14. The van der Waals surface area contributed by atoms with Gasteiger partial charge >= 0.3 is 0 Å². The number of hydrogen-bond acceptors (Lipinski definition) is 3. The first kappa shape index (κ1) is 16.0. The molecule has 6 nitrogen and oxygen atoms in total. The fraction of sp³-hybridized carbons (Fsp3) is 0.267. The summed E-state index contributed by atoms with van der Waals surface area (Å²) in [5.41, 5.74) is 0.768. The summed E-state index contributed by atoms with van der Waals surface area (Å²) in [5, 5.41) is 9.89. The topological polar surface area (TPSA) is 76.0 Å². The van der Waals surface area contributed by atoms with Gasteiger partial charge in [-0.3, -0.25) is 14.3 Å². The average Bonchev–Trinajstić information content (AvgIpc) is 2.97. The fourth-order valence-corrected chi connectivity index (χ4v) is 2.05. The van der Waals surface area contributed by atoms with Crippen LogP contribution in [-0.4, -0.2) is 28.1 Å². The van der Waals surface area contributed by atoms with Crippen molar-refractivity contribution in [2.75, 3.05) is 11.9 Å². The van der Waals surface area contributed by atoms with Crippen LogP contribution in [0.15, 0.2) is 36.7 Å². The maximum atomic E-state index is 12.1. The fourth-order valence-electron chi connectivity index (χ4n) is 1.88. The number of nitrogens with one attached hydrogen (secondary N) is 2. The molecule has 1 aromatic carbocycles. The second-order valence-corrected chi connectivity index (χ2v) is 5.13. The van der Waals surface area contributed by atoms with E-state index < -0.39 is 0 Å². The van der Waals surface area contributed by atoms with Crippen molar-refractivity contribution in [3.05, 3.63) is 47.2 Å². The molecule has 2 aromatic rings. The van der Waals surface area contributed by atoms with Crippen LogP contribution < -0.4 is 10.6 Å². The molecular weight excluding hydrogens is 304 g/mol. The highest BCUT2D eigenvalue weighted by Crippen LogP contribution is 2.21. The minimum atomic E-state index is -0.282. The maximum Gasteiger partial charge on any atom is 0.253 e. The van der Waals surface area contributed by atoms with Gasteiger partial charge in [0.25, 0.3) is 5.91 Å². The minimum absolute atomic E-state index is 0.0650. The third-order valence-electron chi connectivity index (χ3n) is 2.90. The predicted octanol–water partition coefficient (Wildman–Crippen LogP) is 2.32. The van der Waals surface area contributed by atoms with Gasteiger partial charge in [0.15, 0.2) is 0 Å². The normalized spacial score (nSPS) is 10.3. The van der Waals surface area contributed by atoms with Crippen molar-refractivity contribution in [1.82, 2.24) is 15.1 Å². The van der Waals surface area contributed by atoms with Gasteiger partial charge in [-0.05, 0) is 30.7 Å². The van der Waals surface area contributed by atoms with Crippen molar-refractivity contribution < 1.29 is 9.59 Å². The van der Waals surface area contributed by atoms with E-state index in [0.717, 1.165) is 6.42 Å². The quantitative estimate of drug-likeness (QED) is 0.857. The van der Waals surface area contributed by atoms with E-state index in [-0.39, 0.29) is 18.4 Å². The summed E-state index contributed by atoms with van der Waals surface area (Å²) in [5.74, 6) is -0.525. The monoisotopic (exact) mass is 320 g/mol.